The van der Waals surface area contributed by atoms with E-state index in [0.717, 1.165) is 6.07 Å². The minimum Gasteiger partial charge on any atom is -0.487 e. The molecule has 1 aromatic heterocycles. The van der Waals surface area contributed by atoms with Gasteiger partial charge in [0.05, 0.1) is 17.9 Å². The zero-order valence-electron chi connectivity index (χ0n) is 15.6. The van der Waals surface area contributed by atoms with Crippen LogP contribution in [0.2, 0.25) is 0 Å². The van der Waals surface area contributed by atoms with Crippen LogP contribution >= 0.6 is 15.9 Å². The predicted octanol–water partition coefficient (Wildman–Crippen LogP) is 4.16. The van der Waals surface area contributed by atoms with Gasteiger partial charge < -0.3 is 19.9 Å². The minimum atomic E-state index is -1.15. The van der Waals surface area contributed by atoms with Gasteiger partial charge in [-0.1, -0.05) is 6.07 Å². The third-order valence-corrected chi connectivity index (χ3v) is 5.21. The SMILES string of the molecule is Cc1ccc(C(=O)O)cc1-c1c(CO)[nH]c(=O)c(Br)c1OCc1ccc(F)cc1F. The van der Waals surface area contributed by atoms with E-state index in [-0.39, 0.29) is 39.2 Å². The van der Waals surface area contributed by atoms with Crippen molar-refractivity contribution in [1.29, 1.82) is 0 Å². The van der Waals surface area contributed by atoms with Gasteiger partial charge in [-0.15, -0.1) is 0 Å². The molecule has 0 aliphatic carbocycles. The van der Waals surface area contributed by atoms with E-state index < -0.39 is 29.8 Å². The Morgan fingerprint density at radius 2 is 1.93 bits per heavy atom. The molecule has 0 aliphatic rings. The summed E-state index contributed by atoms with van der Waals surface area (Å²) in [5.41, 5.74) is 0.880. The molecular weight excluding hydrogens is 464 g/mol. The quantitative estimate of drug-likeness (QED) is 0.492. The highest BCUT2D eigenvalue weighted by Gasteiger charge is 2.22. The molecule has 0 fully saturated rings. The number of carbonyl (C=O) groups is 1. The van der Waals surface area contributed by atoms with Crippen molar-refractivity contribution in [2.45, 2.75) is 20.1 Å². The Labute approximate surface area is 177 Å². The van der Waals surface area contributed by atoms with Gasteiger partial charge >= 0.3 is 5.97 Å². The Hall–Kier alpha value is -3.04. The van der Waals surface area contributed by atoms with Gasteiger partial charge in [0.25, 0.3) is 5.56 Å². The lowest BCUT2D eigenvalue weighted by atomic mass is 9.96. The van der Waals surface area contributed by atoms with Crippen LogP contribution < -0.4 is 10.3 Å². The fourth-order valence-corrected chi connectivity index (χ4v) is 3.37. The van der Waals surface area contributed by atoms with Crippen LogP contribution in [0.3, 0.4) is 0 Å². The molecule has 0 saturated heterocycles. The van der Waals surface area contributed by atoms with Crippen molar-refractivity contribution in [2.75, 3.05) is 0 Å². The molecule has 0 amide bonds. The summed E-state index contributed by atoms with van der Waals surface area (Å²) in [4.78, 5) is 26.2. The molecule has 30 heavy (non-hydrogen) atoms. The molecule has 6 nitrogen and oxygen atoms in total. The average Bonchev–Trinajstić information content (AvgIpc) is 2.70. The number of rotatable bonds is 6. The number of aliphatic hydroxyl groups is 1. The number of halogens is 3. The fraction of sp³-hybridized carbons (Fsp3) is 0.143. The van der Waals surface area contributed by atoms with Gasteiger partial charge in [0.15, 0.2) is 0 Å². The Morgan fingerprint density at radius 1 is 1.20 bits per heavy atom. The van der Waals surface area contributed by atoms with E-state index >= 15 is 0 Å². The summed E-state index contributed by atoms with van der Waals surface area (Å²) in [7, 11) is 0. The second-order valence-electron chi connectivity index (χ2n) is 6.47. The normalized spacial score (nSPS) is 10.8. The molecule has 3 N–H and O–H groups in total. The summed E-state index contributed by atoms with van der Waals surface area (Å²) in [5.74, 6) is -2.71. The molecule has 1 heterocycles. The van der Waals surface area contributed by atoms with Gasteiger partial charge in [0, 0.05) is 17.2 Å². The minimum absolute atomic E-state index is 0.00246. The molecule has 0 unspecified atom stereocenters. The summed E-state index contributed by atoms with van der Waals surface area (Å²) in [5, 5.41) is 19.1. The van der Waals surface area contributed by atoms with E-state index in [1.54, 1.807) is 13.0 Å². The number of carboxylic acids is 1. The number of aromatic amines is 1. The van der Waals surface area contributed by atoms with Crippen molar-refractivity contribution in [3.63, 3.8) is 0 Å². The molecule has 3 rings (SSSR count). The smallest absolute Gasteiger partial charge is 0.335 e. The maximum absolute atomic E-state index is 14.0. The summed E-state index contributed by atoms with van der Waals surface area (Å²) in [6, 6.07) is 7.41. The fourth-order valence-electron chi connectivity index (χ4n) is 2.96. The number of hydrogen-bond donors (Lipinski definition) is 3. The van der Waals surface area contributed by atoms with Gasteiger partial charge in [0.1, 0.15) is 28.5 Å². The van der Waals surface area contributed by atoms with Gasteiger partial charge in [-0.2, -0.15) is 0 Å². The van der Waals surface area contributed by atoms with E-state index in [1.807, 2.05) is 0 Å². The number of pyridine rings is 1. The van der Waals surface area contributed by atoms with Crippen molar-refractivity contribution >= 4 is 21.9 Å². The van der Waals surface area contributed by atoms with Crippen molar-refractivity contribution < 1.29 is 28.5 Å². The highest BCUT2D eigenvalue weighted by atomic mass is 79.9. The van der Waals surface area contributed by atoms with Crippen molar-refractivity contribution in [1.82, 2.24) is 4.98 Å². The summed E-state index contributed by atoms with van der Waals surface area (Å²) < 4.78 is 32.9. The van der Waals surface area contributed by atoms with E-state index in [1.165, 1.54) is 18.2 Å². The largest absolute Gasteiger partial charge is 0.487 e. The van der Waals surface area contributed by atoms with Crippen LogP contribution in [-0.4, -0.2) is 21.2 Å². The van der Waals surface area contributed by atoms with Crippen LogP contribution in [0.4, 0.5) is 8.78 Å². The Kier molecular flexibility index (Phi) is 6.33. The summed E-state index contributed by atoms with van der Waals surface area (Å²) >= 11 is 3.15. The number of aliphatic hydroxyl groups excluding tert-OH is 1. The number of H-pyrrole nitrogens is 1. The van der Waals surface area contributed by atoms with Crippen molar-refractivity contribution in [3.8, 4) is 16.9 Å². The van der Waals surface area contributed by atoms with Gasteiger partial charge in [-0.25, -0.2) is 13.6 Å². The lowest BCUT2D eigenvalue weighted by molar-refractivity contribution is 0.0697. The number of hydrogen-bond acceptors (Lipinski definition) is 4. The Morgan fingerprint density at radius 3 is 2.57 bits per heavy atom. The van der Waals surface area contributed by atoms with Crippen LogP contribution in [0.1, 0.15) is 27.2 Å². The maximum Gasteiger partial charge on any atom is 0.335 e. The number of aromatic carboxylic acids is 1. The molecule has 3 aromatic rings. The van der Waals surface area contributed by atoms with Crippen LogP contribution in [-0.2, 0) is 13.2 Å². The first-order valence-corrected chi connectivity index (χ1v) is 9.48. The lowest BCUT2D eigenvalue weighted by Gasteiger charge is -2.18. The van der Waals surface area contributed by atoms with Crippen LogP contribution in [0.5, 0.6) is 5.75 Å². The Balaban J connectivity index is 2.18. The number of nitrogens with one attached hydrogen (secondary N) is 1. The topological polar surface area (TPSA) is 99.6 Å². The average molecular weight is 480 g/mol. The second-order valence-corrected chi connectivity index (χ2v) is 7.26. The molecule has 0 spiro atoms. The number of aromatic nitrogens is 1. The van der Waals surface area contributed by atoms with Gasteiger partial charge in [-0.3, -0.25) is 4.79 Å². The zero-order valence-corrected chi connectivity index (χ0v) is 17.2. The number of carboxylic acid groups (broad SMARTS) is 1. The summed E-state index contributed by atoms with van der Waals surface area (Å²) in [6.45, 7) is 0.837. The monoisotopic (exact) mass is 479 g/mol. The van der Waals surface area contributed by atoms with Crippen LogP contribution in [0, 0.1) is 18.6 Å². The molecule has 0 aliphatic heterocycles. The molecule has 0 bridgehead atoms. The highest BCUT2D eigenvalue weighted by Crippen LogP contribution is 2.39. The summed E-state index contributed by atoms with van der Waals surface area (Å²) in [6.07, 6.45) is 0. The molecule has 2 aromatic carbocycles. The second kappa shape index (κ2) is 8.76. The predicted molar refractivity (Wildman–Crippen MR) is 109 cm³/mol. The van der Waals surface area contributed by atoms with Crippen LogP contribution in [0.25, 0.3) is 11.1 Å². The third-order valence-electron chi connectivity index (χ3n) is 4.49. The van der Waals surface area contributed by atoms with Gasteiger partial charge in [0.2, 0.25) is 0 Å². The van der Waals surface area contributed by atoms with E-state index in [0.29, 0.717) is 17.2 Å². The Bertz CT molecular complexity index is 1190. The molecule has 0 saturated carbocycles. The first kappa shape index (κ1) is 21.7. The van der Waals surface area contributed by atoms with E-state index in [9.17, 15) is 28.6 Å². The molecule has 156 valence electrons. The maximum atomic E-state index is 14.0. The van der Waals surface area contributed by atoms with Crippen molar-refractivity contribution in [3.05, 3.63) is 85.2 Å². The standard InChI is InChI=1S/C21H16BrF2NO5/c1-10-2-3-11(21(28)29)6-14(10)17-16(8-26)25-20(27)18(22)19(17)30-9-12-4-5-13(23)7-15(12)24/h2-7,26H,8-9H2,1H3,(H,25,27)(H,28,29). The first-order valence-electron chi connectivity index (χ1n) is 8.69. The third kappa shape index (κ3) is 4.27. The van der Waals surface area contributed by atoms with Crippen LogP contribution in [0.15, 0.2) is 45.7 Å². The van der Waals surface area contributed by atoms with E-state index in [4.69, 9.17) is 4.74 Å². The van der Waals surface area contributed by atoms with E-state index in [2.05, 4.69) is 20.9 Å². The molecular formula is C21H16BrF2NO5. The number of benzene rings is 2. The van der Waals surface area contributed by atoms with Gasteiger partial charge in [-0.05, 0) is 58.2 Å². The number of ether oxygens (including phenoxy) is 1. The molecule has 0 radical (unpaired) electrons. The zero-order chi connectivity index (χ0) is 22.0. The number of aryl methyl sites for hydroxylation is 1. The highest BCUT2D eigenvalue weighted by molar-refractivity contribution is 9.10. The van der Waals surface area contributed by atoms with Crippen molar-refractivity contribution in [2.24, 2.45) is 0 Å². The lowest BCUT2D eigenvalue weighted by Crippen LogP contribution is -2.15. The molecule has 9 heteroatoms. The molecule has 0 atom stereocenters. The first-order chi connectivity index (χ1) is 14.2.